The number of aromatic nitrogens is 1. The number of nitrogens with zero attached hydrogens (tertiary/aromatic N) is 1. The Morgan fingerprint density at radius 2 is 2.24 bits per heavy atom. The average Bonchev–Trinajstić information content (AvgIpc) is 2.78. The van der Waals surface area contributed by atoms with Crippen molar-refractivity contribution in [3.05, 3.63) is 35.7 Å². The first kappa shape index (κ1) is 11.2. The Bertz CT molecular complexity index is 559. The van der Waals surface area contributed by atoms with Crippen molar-refractivity contribution in [3.8, 4) is 17.2 Å². The van der Waals surface area contributed by atoms with Crippen LogP contribution in [0.15, 0.2) is 28.9 Å². The van der Waals surface area contributed by atoms with Crippen LogP contribution in [0.3, 0.4) is 0 Å². The van der Waals surface area contributed by atoms with Gasteiger partial charge in [-0.15, -0.1) is 0 Å². The zero-order valence-electron chi connectivity index (χ0n) is 9.43. The number of carboxylic acid groups (broad SMARTS) is 1. The molecule has 0 spiro atoms. The summed E-state index contributed by atoms with van der Waals surface area (Å²) in [7, 11) is 1.59. The molecular weight excluding hydrogens is 222 g/mol. The molecule has 88 valence electrons. The highest BCUT2D eigenvalue weighted by Crippen LogP contribution is 2.25. The first-order valence-electron chi connectivity index (χ1n) is 4.95. The van der Waals surface area contributed by atoms with Gasteiger partial charge in [0.05, 0.1) is 7.11 Å². The Kier molecular flexibility index (Phi) is 2.82. The number of aryl methyl sites for hydroxylation is 1. The van der Waals surface area contributed by atoms with E-state index in [1.807, 2.05) is 13.0 Å². The number of ether oxygens (including phenoxy) is 1. The molecule has 0 unspecified atom stereocenters. The molecule has 0 saturated heterocycles. The monoisotopic (exact) mass is 233 g/mol. The van der Waals surface area contributed by atoms with Crippen molar-refractivity contribution in [1.82, 2.24) is 4.98 Å². The van der Waals surface area contributed by atoms with Crippen molar-refractivity contribution in [2.24, 2.45) is 0 Å². The summed E-state index contributed by atoms with van der Waals surface area (Å²) in [4.78, 5) is 14.5. The van der Waals surface area contributed by atoms with Crippen LogP contribution in [0.4, 0.5) is 0 Å². The lowest BCUT2D eigenvalue weighted by Gasteiger charge is -2.04. The minimum atomic E-state index is -1.11. The molecule has 2 aromatic rings. The van der Waals surface area contributed by atoms with E-state index in [1.54, 1.807) is 19.2 Å². The molecular formula is C12H11NO4. The number of hydrogen-bond acceptors (Lipinski definition) is 4. The molecule has 0 saturated carbocycles. The van der Waals surface area contributed by atoms with Crippen LogP contribution in [0.1, 0.15) is 16.1 Å². The highest BCUT2D eigenvalue weighted by molar-refractivity contribution is 5.85. The van der Waals surface area contributed by atoms with Gasteiger partial charge in [-0.25, -0.2) is 9.78 Å². The van der Waals surface area contributed by atoms with Crippen molar-refractivity contribution in [2.75, 3.05) is 7.11 Å². The van der Waals surface area contributed by atoms with Gasteiger partial charge in [0.1, 0.15) is 12.0 Å². The summed E-state index contributed by atoms with van der Waals surface area (Å²) in [5, 5.41) is 8.74. The molecule has 0 aliphatic rings. The lowest BCUT2D eigenvalue weighted by atomic mass is 10.1. The smallest absolute Gasteiger partial charge is 0.357 e. The van der Waals surface area contributed by atoms with Gasteiger partial charge in [0, 0.05) is 5.56 Å². The number of carbonyl (C=O) groups is 1. The number of oxazole rings is 1. The van der Waals surface area contributed by atoms with Gasteiger partial charge in [-0.3, -0.25) is 0 Å². The van der Waals surface area contributed by atoms with Crippen molar-refractivity contribution >= 4 is 5.97 Å². The minimum absolute atomic E-state index is 0.103. The van der Waals surface area contributed by atoms with Crippen molar-refractivity contribution in [3.63, 3.8) is 0 Å². The highest BCUT2D eigenvalue weighted by Gasteiger charge is 2.12. The molecule has 0 amide bonds. The molecule has 0 aliphatic carbocycles. The van der Waals surface area contributed by atoms with Crippen LogP contribution in [-0.2, 0) is 0 Å². The molecule has 1 N–H and O–H groups in total. The molecule has 0 radical (unpaired) electrons. The molecule has 17 heavy (non-hydrogen) atoms. The van der Waals surface area contributed by atoms with Gasteiger partial charge in [-0.1, -0.05) is 0 Å². The summed E-state index contributed by atoms with van der Waals surface area (Å²) in [5.74, 6) is -0.0582. The maximum Gasteiger partial charge on any atom is 0.357 e. The SMILES string of the molecule is COc1ccc(-c2nc(C(=O)O)co2)cc1C. The molecule has 0 aliphatic heterocycles. The molecule has 1 heterocycles. The fourth-order valence-corrected chi connectivity index (χ4v) is 1.52. The van der Waals surface area contributed by atoms with Gasteiger partial charge in [0.2, 0.25) is 5.89 Å². The number of rotatable bonds is 3. The molecule has 1 aromatic heterocycles. The van der Waals surface area contributed by atoms with Gasteiger partial charge in [-0.2, -0.15) is 0 Å². The first-order valence-corrected chi connectivity index (χ1v) is 4.95. The fourth-order valence-electron chi connectivity index (χ4n) is 1.52. The molecule has 2 rings (SSSR count). The second kappa shape index (κ2) is 4.29. The van der Waals surface area contributed by atoms with E-state index in [0.717, 1.165) is 23.1 Å². The van der Waals surface area contributed by atoms with Crippen molar-refractivity contribution in [2.45, 2.75) is 6.92 Å². The maximum atomic E-state index is 10.7. The summed E-state index contributed by atoms with van der Waals surface area (Å²) in [6, 6.07) is 5.38. The molecule has 0 atom stereocenters. The predicted molar refractivity (Wildman–Crippen MR) is 60.2 cm³/mol. The van der Waals surface area contributed by atoms with E-state index in [9.17, 15) is 4.79 Å². The van der Waals surface area contributed by atoms with Crippen LogP contribution >= 0.6 is 0 Å². The van der Waals surface area contributed by atoms with Crippen LogP contribution in [0.25, 0.3) is 11.5 Å². The lowest BCUT2D eigenvalue weighted by Crippen LogP contribution is -1.95. The van der Waals surface area contributed by atoms with Gasteiger partial charge in [-0.05, 0) is 30.7 Å². The van der Waals surface area contributed by atoms with E-state index in [1.165, 1.54) is 0 Å². The van der Waals surface area contributed by atoms with Gasteiger partial charge in [0.25, 0.3) is 0 Å². The van der Waals surface area contributed by atoms with Crippen molar-refractivity contribution in [1.29, 1.82) is 0 Å². The Hall–Kier alpha value is -2.30. The number of aromatic carboxylic acids is 1. The second-order valence-corrected chi connectivity index (χ2v) is 3.53. The van der Waals surface area contributed by atoms with Gasteiger partial charge >= 0.3 is 5.97 Å². The van der Waals surface area contributed by atoms with E-state index in [2.05, 4.69) is 4.98 Å². The average molecular weight is 233 g/mol. The third kappa shape index (κ3) is 2.13. The molecule has 5 heteroatoms. The van der Waals surface area contributed by atoms with E-state index in [0.29, 0.717) is 0 Å². The summed E-state index contributed by atoms with van der Waals surface area (Å²) in [6.07, 6.45) is 1.12. The van der Waals surface area contributed by atoms with Crippen LogP contribution in [0.5, 0.6) is 5.75 Å². The third-order valence-electron chi connectivity index (χ3n) is 2.37. The zero-order chi connectivity index (χ0) is 12.4. The van der Waals surface area contributed by atoms with E-state index in [-0.39, 0.29) is 11.6 Å². The molecule has 0 fully saturated rings. The number of benzene rings is 1. The maximum absolute atomic E-state index is 10.7. The standard InChI is InChI=1S/C12H11NO4/c1-7-5-8(3-4-10(7)16-2)11-13-9(6-17-11)12(14)15/h3-6H,1-2H3,(H,14,15). The Labute approximate surface area is 97.7 Å². The van der Waals surface area contributed by atoms with E-state index < -0.39 is 5.97 Å². The Morgan fingerprint density at radius 1 is 1.47 bits per heavy atom. The third-order valence-corrected chi connectivity index (χ3v) is 2.37. The number of methoxy groups -OCH3 is 1. The predicted octanol–water partition coefficient (Wildman–Crippen LogP) is 2.36. The largest absolute Gasteiger partial charge is 0.496 e. The summed E-state index contributed by atoms with van der Waals surface area (Å²) < 4.78 is 10.2. The van der Waals surface area contributed by atoms with Gasteiger partial charge < -0.3 is 14.3 Å². The first-order chi connectivity index (χ1) is 8.11. The molecule has 0 bridgehead atoms. The zero-order valence-corrected chi connectivity index (χ0v) is 9.43. The van der Waals surface area contributed by atoms with E-state index in [4.69, 9.17) is 14.3 Å². The Balaban J connectivity index is 2.39. The van der Waals surface area contributed by atoms with E-state index >= 15 is 0 Å². The van der Waals surface area contributed by atoms with Crippen molar-refractivity contribution < 1.29 is 19.1 Å². The lowest BCUT2D eigenvalue weighted by molar-refractivity contribution is 0.0690. The summed E-state index contributed by atoms with van der Waals surface area (Å²) in [5.41, 5.74) is 1.55. The quantitative estimate of drug-likeness (QED) is 0.880. The summed E-state index contributed by atoms with van der Waals surface area (Å²) in [6.45, 7) is 1.89. The highest BCUT2D eigenvalue weighted by atomic mass is 16.5. The minimum Gasteiger partial charge on any atom is -0.496 e. The van der Waals surface area contributed by atoms with Crippen LogP contribution in [-0.4, -0.2) is 23.2 Å². The number of carboxylic acids is 1. The summed E-state index contributed by atoms with van der Waals surface area (Å²) >= 11 is 0. The second-order valence-electron chi connectivity index (χ2n) is 3.53. The van der Waals surface area contributed by atoms with Gasteiger partial charge in [0.15, 0.2) is 5.69 Å². The fraction of sp³-hybridized carbons (Fsp3) is 0.167. The van der Waals surface area contributed by atoms with Crippen LogP contribution in [0, 0.1) is 6.92 Å². The van der Waals surface area contributed by atoms with Crippen LogP contribution in [0.2, 0.25) is 0 Å². The topological polar surface area (TPSA) is 72.6 Å². The molecule has 1 aromatic carbocycles. The number of hydrogen-bond donors (Lipinski definition) is 1. The Morgan fingerprint density at radius 3 is 2.76 bits per heavy atom. The normalized spacial score (nSPS) is 10.2. The van der Waals surface area contributed by atoms with Crippen LogP contribution < -0.4 is 4.74 Å². The molecule has 5 nitrogen and oxygen atoms in total.